The number of anilines is 2. The predicted molar refractivity (Wildman–Crippen MR) is 133 cm³/mol. The number of benzene rings is 1. The summed E-state index contributed by atoms with van der Waals surface area (Å²) in [6.07, 6.45) is 1.43. The Morgan fingerprint density at radius 1 is 1.18 bits per heavy atom. The first-order valence-electron chi connectivity index (χ1n) is 11.7. The highest BCUT2D eigenvalue weighted by molar-refractivity contribution is 7.80. The van der Waals surface area contributed by atoms with Crippen LogP contribution in [0.5, 0.6) is 0 Å². The fourth-order valence-corrected chi connectivity index (χ4v) is 5.22. The van der Waals surface area contributed by atoms with E-state index in [1.807, 2.05) is 23.1 Å². The Labute approximate surface area is 208 Å². The third-order valence-corrected chi connectivity index (χ3v) is 7.40. The van der Waals surface area contributed by atoms with E-state index in [-0.39, 0.29) is 22.3 Å². The SMILES string of the molecule is CC1CCN(c2cc(C(F)(F)F)nc(NC(=S)NCC3(c4cccc(Cl)c4)CCCC3)n2)CC1. The van der Waals surface area contributed by atoms with Gasteiger partial charge in [0.2, 0.25) is 5.95 Å². The van der Waals surface area contributed by atoms with Crippen LogP contribution in [0.1, 0.15) is 56.7 Å². The van der Waals surface area contributed by atoms with E-state index in [0.717, 1.165) is 50.2 Å². The van der Waals surface area contributed by atoms with Gasteiger partial charge in [-0.25, -0.2) is 4.98 Å². The van der Waals surface area contributed by atoms with Crippen LogP contribution < -0.4 is 15.5 Å². The maximum Gasteiger partial charge on any atom is 0.433 e. The molecule has 1 saturated carbocycles. The van der Waals surface area contributed by atoms with Gasteiger partial charge >= 0.3 is 6.18 Å². The summed E-state index contributed by atoms with van der Waals surface area (Å²) in [7, 11) is 0. The van der Waals surface area contributed by atoms with Crippen LogP contribution in [0.15, 0.2) is 30.3 Å². The Bertz CT molecular complexity index is 1020. The van der Waals surface area contributed by atoms with Gasteiger partial charge in [-0.05, 0) is 61.5 Å². The average Bonchev–Trinajstić information content (AvgIpc) is 3.28. The number of alkyl halides is 3. The van der Waals surface area contributed by atoms with E-state index in [1.165, 1.54) is 0 Å². The summed E-state index contributed by atoms with van der Waals surface area (Å²) in [6.45, 7) is 4.03. The number of hydrogen-bond donors (Lipinski definition) is 2. The Morgan fingerprint density at radius 3 is 2.53 bits per heavy atom. The fraction of sp³-hybridized carbons (Fsp3) is 0.542. The van der Waals surface area contributed by atoms with Crippen molar-refractivity contribution in [1.82, 2.24) is 15.3 Å². The second-order valence-corrected chi connectivity index (χ2v) is 10.3. The van der Waals surface area contributed by atoms with Gasteiger partial charge in [0.05, 0.1) is 0 Å². The van der Waals surface area contributed by atoms with Crippen LogP contribution >= 0.6 is 23.8 Å². The molecule has 1 aromatic carbocycles. The van der Waals surface area contributed by atoms with Crippen LogP contribution in [0.25, 0.3) is 0 Å². The maximum atomic E-state index is 13.5. The number of nitrogens with zero attached hydrogens (tertiary/aromatic N) is 3. The van der Waals surface area contributed by atoms with Crippen LogP contribution in [-0.2, 0) is 11.6 Å². The quantitative estimate of drug-likeness (QED) is 0.467. The Hall–Kier alpha value is -2.13. The molecule has 0 bridgehead atoms. The highest BCUT2D eigenvalue weighted by atomic mass is 35.5. The first kappa shape index (κ1) is 25.0. The van der Waals surface area contributed by atoms with Crippen molar-refractivity contribution in [2.24, 2.45) is 5.92 Å². The molecule has 0 atom stereocenters. The lowest BCUT2D eigenvalue weighted by molar-refractivity contribution is -0.141. The second kappa shape index (κ2) is 10.2. The first-order valence-corrected chi connectivity index (χ1v) is 12.5. The molecule has 0 unspecified atom stereocenters. The number of hydrogen-bond acceptors (Lipinski definition) is 4. The molecule has 0 radical (unpaired) electrons. The molecule has 0 amide bonds. The molecular formula is C24H29ClF3N5S. The largest absolute Gasteiger partial charge is 0.433 e. The zero-order valence-corrected chi connectivity index (χ0v) is 20.7. The van der Waals surface area contributed by atoms with Crippen LogP contribution in [0, 0.1) is 5.92 Å². The van der Waals surface area contributed by atoms with Crippen LogP contribution in [0.3, 0.4) is 0 Å². The van der Waals surface area contributed by atoms with Gasteiger partial charge in [-0.15, -0.1) is 0 Å². The van der Waals surface area contributed by atoms with Crippen molar-refractivity contribution in [3.63, 3.8) is 0 Å². The summed E-state index contributed by atoms with van der Waals surface area (Å²) in [5, 5.41) is 6.87. The molecule has 5 nitrogen and oxygen atoms in total. The normalized spacial score (nSPS) is 18.7. The average molecular weight is 512 g/mol. The van der Waals surface area contributed by atoms with Gasteiger partial charge in [0.1, 0.15) is 5.82 Å². The van der Waals surface area contributed by atoms with Gasteiger partial charge in [-0.2, -0.15) is 18.2 Å². The fourth-order valence-electron chi connectivity index (χ4n) is 4.87. The Morgan fingerprint density at radius 2 is 1.88 bits per heavy atom. The van der Waals surface area contributed by atoms with E-state index in [1.54, 1.807) is 0 Å². The monoisotopic (exact) mass is 511 g/mol. The van der Waals surface area contributed by atoms with E-state index < -0.39 is 11.9 Å². The minimum atomic E-state index is -4.58. The minimum absolute atomic E-state index is 0.124. The van der Waals surface area contributed by atoms with E-state index in [9.17, 15) is 13.2 Å². The number of aromatic nitrogens is 2. The van der Waals surface area contributed by atoms with E-state index in [2.05, 4.69) is 33.6 Å². The lowest BCUT2D eigenvalue weighted by Gasteiger charge is -2.32. The number of nitrogens with one attached hydrogen (secondary N) is 2. The second-order valence-electron chi connectivity index (χ2n) is 9.41. The highest BCUT2D eigenvalue weighted by Gasteiger charge is 2.36. The lowest BCUT2D eigenvalue weighted by Crippen LogP contribution is -2.41. The van der Waals surface area contributed by atoms with Crippen molar-refractivity contribution in [3.05, 3.63) is 46.6 Å². The molecule has 34 heavy (non-hydrogen) atoms. The van der Waals surface area contributed by atoms with Gasteiger partial charge in [-0.3, -0.25) is 0 Å². The van der Waals surface area contributed by atoms with Crippen LogP contribution in [0.4, 0.5) is 24.9 Å². The van der Waals surface area contributed by atoms with E-state index in [4.69, 9.17) is 23.8 Å². The minimum Gasteiger partial charge on any atom is -0.361 e. The molecule has 4 rings (SSSR count). The van der Waals surface area contributed by atoms with Gasteiger partial charge in [0, 0.05) is 36.1 Å². The summed E-state index contributed by atoms with van der Waals surface area (Å²) >= 11 is 11.6. The number of halogens is 4. The van der Waals surface area contributed by atoms with Crippen molar-refractivity contribution >= 4 is 40.7 Å². The Balaban J connectivity index is 1.49. The molecule has 2 heterocycles. The number of thiocarbonyl (C=S) groups is 1. The molecule has 2 fully saturated rings. The third kappa shape index (κ3) is 5.92. The molecule has 2 aromatic rings. The van der Waals surface area contributed by atoms with Crippen LogP contribution in [-0.4, -0.2) is 34.7 Å². The molecule has 2 aliphatic rings. The van der Waals surface area contributed by atoms with Gasteiger partial charge < -0.3 is 15.5 Å². The number of rotatable bonds is 5. The van der Waals surface area contributed by atoms with E-state index in [0.29, 0.717) is 30.6 Å². The molecule has 10 heteroatoms. The van der Waals surface area contributed by atoms with Crippen molar-refractivity contribution in [3.8, 4) is 0 Å². The molecule has 1 aliphatic carbocycles. The van der Waals surface area contributed by atoms with Crippen molar-refractivity contribution < 1.29 is 13.2 Å². The summed E-state index contributed by atoms with van der Waals surface area (Å²) in [6, 6.07) is 8.85. The lowest BCUT2D eigenvalue weighted by atomic mass is 9.79. The molecule has 2 N–H and O–H groups in total. The topological polar surface area (TPSA) is 53.1 Å². The van der Waals surface area contributed by atoms with Gasteiger partial charge in [0.25, 0.3) is 0 Å². The zero-order chi connectivity index (χ0) is 24.3. The summed E-state index contributed by atoms with van der Waals surface area (Å²) in [4.78, 5) is 9.94. The smallest absolute Gasteiger partial charge is 0.361 e. The Kier molecular flexibility index (Phi) is 7.52. The molecule has 1 saturated heterocycles. The highest BCUT2D eigenvalue weighted by Crippen LogP contribution is 2.41. The van der Waals surface area contributed by atoms with Crippen molar-refractivity contribution in [2.75, 3.05) is 29.9 Å². The molecule has 1 aromatic heterocycles. The number of piperidine rings is 1. The molecule has 0 spiro atoms. The first-order chi connectivity index (χ1) is 16.1. The van der Waals surface area contributed by atoms with Crippen LogP contribution in [0.2, 0.25) is 5.02 Å². The predicted octanol–water partition coefficient (Wildman–Crippen LogP) is 6.18. The molecule has 184 valence electrons. The van der Waals surface area contributed by atoms with Gasteiger partial charge in [-0.1, -0.05) is 43.5 Å². The maximum absolute atomic E-state index is 13.5. The van der Waals surface area contributed by atoms with Gasteiger partial charge in [0.15, 0.2) is 10.8 Å². The summed E-state index contributed by atoms with van der Waals surface area (Å²) in [5.74, 6) is 0.673. The summed E-state index contributed by atoms with van der Waals surface area (Å²) < 4.78 is 40.6. The van der Waals surface area contributed by atoms with Crippen molar-refractivity contribution in [1.29, 1.82) is 0 Å². The summed E-state index contributed by atoms with van der Waals surface area (Å²) in [5.41, 5.74) is 0.0402. The van der Waals surface area contributed by atoms with Crippen molar-refractivity contribution in [2.45, 2.75) is 57.0 Å². The zero-order valence-electron chi connectivity index (χ0n) is 19.1. The molecular weight excluding hydrogens is 483 g/mol. The van der Waals surface area contributed by atoms with E-state index >= 15 is 0 Å². The molecule has 1 aliphatic heterocycles. The third-order valence-electron chi connectivity index (χ3n) is 6.92. The standard InChI is InChI=1S/C24H29ClF3N5S/c1-16-7-11-33(12-8-16)20-14-19(24(26,27)28)30-21(31-20)32-22(34)29-15-23(9-2-3-10-23)17-5-4-6-18(25)13-17/h4-6,13-14,16H,2-3,7-12,15H2,1H3,(H2,29,30,31,32,34).